The lowest BCUT2D eigenvalue weighted by molar-refractivity contribution is -0.118. The summed E-state index contributed by atoms with van der Waals surface area (Å²) in [6, 6.07) is 8.87. The van der Waals surface area contributed by atoms with Crippen LogP contribution in [0.2, 0.25) is 5.02 Å². The summed E-state index contributed by atoms with van der Waals surface area (Å²) < 4.78 is 7.19. The van der Waals surface area contributed by atoms with Crippen LogP contribution in [0.4, 0.5) is 5.82 Å². The summed E-state index contributed by atoms with van der Waals surface area (Å²) in [4.78, 5) is 11.9. The van der Waals surface area contributed by atoms with Crippen LogP contribution in [0, 0.1) is 0 Å². The van der Waals surface area contributed by atoms with Gasteiger partial charge in [-0.25, -0.2) is 4.68 Å². The zero-order valence-corrected chi connectivity index (χ0v) is 12.8. The smallest absolute Gasteiger partial charge is 0.263 e. The second kappa shape index (κ2) is 7.13. The lowest BCUT2D eigenvalue weighted by Gasteiger charge is -2.14. The zero-order valence-electron chi connectivity index (χ0n) is 12.0. The number of rotatable bonds is 6. The molecule has 1 unspecified atom stereocenters. The van der Waals surface area contributed by atoms with Gasteiger partial charge in [-0.15, -0.1) is 0 Å². The Balaban J connectivity index is 1.90. The van der Waals surface area contributed by atoms with Crippen molar-refractivity contribution in [1.82, 2.24) is 9.78 Å². The van der Waals surface area contributed by atoms with Crippen molar-refractivity contribution in [2.24, 2.45) is 0 Å². The number of aromatic nitrogens is 2. The summed E-state index contributed by atoms with van der Waals surface area (Å²) in [5, 5.41) is 7.64. The van der Waals surface area contributed by atoms with Crippen LogP contribution in [0.25, 0.3) is 0 Å². The molecular weight excluding hydrogens is 290 g/mol. The highest BCUT2D eigenvalue weighted by molar-refractivity contribution is 6.30. The van der Waals surface area contributed by atoms with E-state index in [1.54, 1.807) is 41.2 Å². The number of benzene rings is 1. The third-order valence-corrected chi connectivity index (χ3v) is 3.38. The van der Waals surface area contributed by atoms with Gasteiger partial charge in [0.2, 0.25) is 0 Å². The molecule has 5 nitrogen and oxygen atoms in total. The monoisotopic (exact) mass is 307 g/mol. The first-order valence-electron chi connectivity index (χ1n) is 6.82. The van der Waals surface area contributed by atoms with E-state index in [4.69, 9.17) is 16.3 Å². The Morgan fingerprint density at radius 2 is 2.10 bits per heavy atom. The molecule has 1 heterocycles. The summed E-state index contributed by atoms with van der Waals surface area (Å²) >= 11 is 5.79. The Hall–Kier alpha value is -2.01. The van der Waals surface area contributed by atoms with Crippen molar-refractivity contribution < 1.29 is 9.53 Å². The van der Waals surface area contributed by atoms with E-state index in [2.05, 4.69) is 17.3 Å². The number of anilines is 1. The fourth-order valence-corrected chi connectivity index (χ4v) is 1.92. The number of carbonyl (C=O) groups is 1. The summed E-state index contributed by atoms with van der Waals surface area (Å²) in [5.41, 5.74) is 0. The predicted molar refractivity (Wildman–Crippen MR) is 82.8 cm³/mol. The molecule has 0 saturated carbocycles. The highest BCUT2D eigenvalue weighted by atomic mass is 35.5. The van der Waals surface area contributed by atoms with Crippen LogP contribution in [-0.4, -0.2) is 22.3 Å². The molecule has 1 amide bonds. The van der Waals surface area contributed by atoms with Gasteiger partial charge in [-0.1, -0.05) is 18.5 Å². The molecule has 0 aliphatic carbocycles. The molecule has 1 aromatic carbocycles. The van der Waals surface area contributed by atoms with Crippen LogP contribution in [0.5, 0.6) is 5.75 Å². The van der Waals surface area contributed by atoms with Gasteiger partial charge < -0.3 is 10.1 Å². The molecule has 21 heavy (non-hydrogen) atoms. The van der Waals surface area contributed by atoms with E-state index in [1.807, 2.05) is 6.92 Å². The molecule has 1 aromatic heterocycles. The topological polar surface area (TPSA) is 56.2 Å². The van der Waals surface area contributed by atoms with Crippen LogP contribution < -0.4 is 10.1 Å². The SMILES string of the molecule is CCC(C)n1nccc1NC(=O)COc1ccc(Cl)cc1. The number of amides is 1. The van der Waals surface area contributed by atoms with Crippen LogP contribution in [0.3, 0.4) is 0 Å². The fraction of sp³-hybridized carbons (Fsp3) is 0.333. The summed E-state index contributed by atoms with van der Waals surface area (Å²) in [6.45, 7) is 4.06. The fourth-order valence-electron chi connectivity index (χ4n) is 1.80. The van der Waals surface area contributed by atoms with E-state index in [0.717, 1.165) is 6.42 Å². The van der Waals surface area contributed by atoms with Crippen LogP contribution in [0.1, 0.15) is 26.3 Å². The van der Waals surface area contributed by atoms with Gasteiger partial charge in [0.15, 0.2) is 6.61 Å². The number of nitrogens with zero attached hydrogens (tertiary/aromatic N) is 2. The average Bonchev–Trinajstić information content (AvgIpc) is 2.94. The second-order valence-electron chi connectivity index (χ2n) is 4.71. The van der Waals surface area contributed by atoms with Crippen molar-refractivity contribution in [2.75, 3.05) is 11.9 Å². The highest BCUT2D eigenvalue weighted by Gasteiger charge is 2.11. The average molecular weight is 308 g/mol. The molecule has 1 N–H and O–H groups in total. The molecule has 2 aromatic rings. The molecule has 1 atom stereocenters. The lowest BCUT2D eigenvalue weighted by atomic mass is 10.3. The number of hydrogen-bond acceptors (Lipinski definition) is 3. The second-order valence-corrected chi connectivity index (χ2v) is 5.15. The summed E-state index contributed by atoms with van der Waals surface area (Å²) in [7, 11) is 0. The normalized spacial score (nSPS) is 12.0. The molecule has 0 saturated heterocycles. The van der Waals surface area contributed by atoms with E-state index < -0.39 is 0 Å². The molecule has 0 aliphatic rings. The van der Waals surface area contributed by atoms with Crippen molar-refractivity contribution >= 4 is 23.3 Å². The Morgan fingerprint density at radius 3 is 2.76 bits per heavy atom. The number of halogens is 1. The Bertz CT molecular complexity index is 595. The van der Waals surface area contributed by atoms with Crippen molar-refractivity contribution in [2.45, 2.75) is 26.3 Å². The van der Waals surface area contributed by atoms with Crippen LogP contribution >= 0.6 is 11.6 Å². The standard InChI is InChI=1S/C15H18ClN3O2/c1-3-11(2)19-14(8-9-17-19)18-15(20)10-21-13-6-4-12(16)5-7-13/h4-9,11H,3,10H2,1-2H3,(H,18,20). The maximum atomic E-state index is 11.9. The van der Waals surface area contributed by atoms with Gasteiger partial charge in [-0.3, -0.25) is 4.79 Å². The lowest BCUT2D eigenvalue weighted by Crippen LogP contribution is -2.22. The Kier molecular flexibility index (Phi) is 5.22. The minimum Gasteiger partial charge on any atom is -0.484 e. The van der Waals surface area contributed by atoms with Crippen molar-refractivity contribution in [3.63, 3.8) is 0 Å². The van der Waals surface area contributed by atoms with Gasteiger partial charge in [0, 0.05) is 11.1 Å². The quantitative estimate of drug-likeness (QED) is 0.888. The van der Waals surface area contributed by atoms with Crippen molar-refractivity contribution in [3.8, 4) is 5.75 Å². The van der Waals surface area contributed by atoms with Gasteiger partial charge in [-0.05, 0) is 37.6 Å². The minimum atomic E-state index is -0.227. The molecular formula is C15H18ClN3O2. The first-order valence-corrected chi connectivity index (χ1v) is 7.19. The zero-order chi connectivity index (χ0) is 15.2. The minimum absolute atomic E-state index is 0.0622. The highest BCUT2D eigenvalue weighted by Crippen LogP contribution is 2.17. The molecule has 0 fully saturated rings. The third kappa shape index (κ3) is 4.23. The van der Waals surface area contributed by atoms with Gasteiger partial charge in [0.05, 0.1) is 12.2 Å². The third-order valence-electron chi connectivity index (χ3n) is 3.13. The van der Waals surface area contributed by atoms with Gasteiger partial charge >= 0.3 is 0 Å². The van der Waals surface area contributed by atoms with Crippen LogP contribution in [-0.2, 0) is 4.79 Å². The van der Waals surface area contributed by atoms with Crippen molar-refractivity contribution in [3.05, 3.63) is 41.6 Å². The van der Waals surface area contributed by atoms with Crippen molar-refractivity contribution in [1.29, 1.82) is 0 Å². The molecule has 0 bridgehead atoms. The molecule has 112 valence electrons. The molecule has 6 heteroatoms. The maximum Gasteiger partial charge on any atom is 0.263 e. The molecule has 0 spiro atoms. The van der Waals surface area contributed by atoms with Gasteiger partial charge in [0.1, 0.15) is 11.6 Å². The number of ether oxygens (including phenoxy) is 1. The number of hydrogen-bond donors (Lipinski definition) is 1. The predicted octanol–water partition coefficient (Wildman–Crippen LogP) is 3.53. The van der Waals surface area contributed by atoms with E-state index in [1.165, 1.54) is 0 Å². The Labute approximate surface area is 128 Å². The Morgan fingerprint density at radius 1 is 1.38 bits per heavy atom. The van der Waals surface area contributed by atoms with Gasteiger partial charge in [0.25, 0.3) is 5.91 Å². The van der Waals surface area contributed by atoms with E-state index >= 15 is 0 Å². The first kappa shape index (κ1) is 15.4. The maximum absolute atomic E-state index is 11.9. The number of nitrogens with one attached hydrogen (secondary N) is 1. The molecule has 0 aliphatic heterocycles. The first-order chi connectivity index (χ1) is 10.1. The largest absolute Gasteiger partial charge is 0.484 e. The summed E-state index contributed by atoms with van der Waals surface area (Å²) in [5.74, 6) is 1.05. The molecule has 2 rings (SSSR count). The number of carbonyl (C=O) groups excluding carboxylic acids is 1. The molecule has 0 radical (unpaired) electrons. The van der Waals surface area contributed by atoms with E-state index in [0.29, 0.717) is 16.6 Å². The van der Waals surface area contributed by atoms with Crippen LogP contribution in [0.15, 0.2) is 36.5 Å². The van der Waals surface area contributed by atoms with E-state index in [9.17, 15) is 4.79 Å². The van der Waals surface area contributed by atoms with Gasteiger partial charge in [-0.2, -0.15) is 5.10 Å². The summed E-state index contributed by atoms with van der Waals surface area (Å²) in [6.07, 6.45) is 2.60. The van der Waals surface area contributed by atoms with E-state index in [-0.39, 0.29) is 18.6 Å².